The van der Waals surface area contributed by atoms with Crippen LogP contribution >= 0.6 is 11.6 Å². The molecule has 0 spiro atoms. The summed E-state index contributed by atoms with van der Waals surface area (Å²) in [6, 6.07) is 25.6. The molecule has 0 unspecified atom stereocenters. The number of para-hydroxylation sites is 1. The molecule has 0 heterocycles. The molecule has 0 aliphatic carbocycles. The van der Waals surface area contributed by atoms with Crippen LogP contribution in [-0.2, 0) is 9.53 Å². The molecule has 0 radical (unpaired) electrons. The molecular formula is C25H22ClNO3. The molecule has 0 aliphatic rings. The number of carbonyl (C=O) groups excluding carboxylic acids is 1. The number of hydrogen-bond donors (Lipinski definition) is 0. The Hall–Kier alpha value is -3.29. The predicted molar refractivity (Wildman–Crippen MR) is 116 cm³/mol. The number of ether oxygens (including phenoxy) is 2. The van der Waals surface area contributed by atoms with Crippen LogP contribution in [0.25, 0.3) is 0 Å². The molecule has 0 saturated heterocycles. The van der Waals surface area contributed by atoms with Crippen molar-refractivity contribution in [2.75, 3.05) is 0 Å². The first kappa shape index (κ1) is 21.4. The molecule has 4 nitrogen and oxygen atoms in total. The Labute approximate surface area is 181 Å². The van der Waals surface area contributed by atoms with Gasteiger partial charge in [-0.15, -0.1) is 0 Å². The zero-order chi connectivity index (χ0) is 21.5. The van der Waals surface area contributed by atoms with Crippen molar-refractivity contribution in [2.45, 2.75) is 25.9 Å². The van der Waals surface area contributed by atoms with E-state index in [9.17, 15) is 10.1 Å². The second-order valence-electron chi connectivity index (χ2n) is 7.18. The van der Waals surface area contributed by atoms with E-state index in [-0.39, 0.29) is 5.92 Å². The number of benzene rings is 3. The molecule has 2 atom stereocenters. The van der Waals surface area contributed by atoms with Crippen LogP contribution in [0.15, 0.2) is 78.9 Å². The number of esters is 1. The number of hydrogen-bond acceptors (Lipinski definition) is 4. The Balaban J connectivity index is 1.81. The van der Waals surface area contributed by atoms with Crippen LogP contribution in [0.5, 0.6) is 11.5 Å². The van der Waals surface area contributed by atoms with Gasteiger partial charge in [-0.05, 0) is 41.8 Å². The van der Waals surface area contributed by atoms with Crippen molar-refractivity contribution >= 4 is 17.6 Å². The zero-order valence-corrected chi connectivity index (χ0v) is 17.5. The van der Waals surface area contributed by atoms with E-state index < -0.39 is 18.0 Å². The molecule has 0 aliphatic heterocycles. The highest BCUT2D eigenvalue weighted by molar-refractivity contribution is 6.31. The zero-order valence-electron chi connectivity index (χ0n) is 16.8. The van der Waals surface area contributed by atoms with Gasteiger partial charge in [-0.3, -0.25) is 4.79 Å². The molecule has 0 N–H and O–H groups in total. The highest BCUT2D eigenvalue weighted by Crippen LogP contribution is 2.33. The summed E-state index contributed by atoms with van der Waals surface area (Å²) in [5.41, 5.74) is 1.23. The van der Waals surface area contributed by atoms with Crippen molar-refractivity contribution in [1.82, 2.24) is 0 Å². The fraction of sp³-hybridized carbons (Fsp3) is 0.200. The minimum absolute atomic E-state index is 0.0514. The van der Waals surface area contributed by atoms with Gasteiger partial charge in [0.05, 0.1) is 5.92 Å². The summed E-state index contributed by atoms with van der Waals surface area (Å²) in [5.74, 6) is 0.127. The minimum Gasteiger partial charge on any atom is -0.457 e. The number of nitriles is 1. The van der Waals surface area contributed by atoms with Crippen LogP contribution in [0, 0.1) is 17.2 Å². The second kappa shape index (κ2) is 9.96. The molecule has 0 amide bonds. The van der Waals surface area contributed by atoms with Crippen molar-refractivity contribution in [1.29, 1.82) is 5.26 Å². The third-order valence-electron chi connectivity index (χ3n) is 4.65. The maximum absolute atomic E-state index is 13.0. The summed E-state index contributed by atoms with van der Waals surface area (Å²) in [4.78, 5) is 13.0. The summed E-state index contributed by atoms with van der Waals surface area (Å²) < 4.78 is 11.4. The standard InChI is InChI=1S/C25H22ClNO3/c1-17(2)24(21-13-6-7-14-22(21)26)25(28)30-23(16-27)18-9-8-12-20(15-18)29-19-10-4-3-5-11-19/h3-15,17,23-24H,1-2H3/t23-,24-/m0/s1. The molecule has 30 heavy (non-hydrogen) atoms. The number of nitrogens with zero attached hydrogens (tertiary/aromatic N) is 1. The largest absolute Gasteiger partial charge is 0.457 e. The van der Waals surface area contributed by atoms with E-state index in [1.165, 1.54) is 0 Å². The van der Waals surface area contributed by atoms with Gasteiger partial charge in [0.1, 0.15) is 17.6 Å². The van der Waals surface area contributed by atoms with Crippen molar-refractivity contribution in [3.8, 4) is 17.6 Å². The number of halogens is 1. The lowest BCUT2D eigenvalue weighted by molar-refractivity contribution is -0.150. The van der Waals surface area contributed by atoms with E-state index in [0.717, 1.165) is 0 Å². The van der Waals surface area contributed by atoms with Crippen molar-refractivity contribution in [3.05, 3.63) is 95.0 Å². The smallest absolute Gasteiger partial charge is 0.315 e. The molecule has 0 fully saturated rings. The summed E-state index contributed by atoms with van der Waals surface area (Å²) >= 11 is 6.30. The molecule has 0 aromatic heterocycles. The van der Waals surface area contributed by atoms with Gasteiger partial charge in [0.2, 0.25) is 6.10 Å². The Morgan fingerprint density at radius 1 is 0.933 bits per heavy atom. The summed E-state index contributed by atoms with van der Waals surface area (Å²) in [6.45, 7) is 3.84. The first-order chi connectivity index (χ1) is 14.5. The van der Waals surface area contributed by atoms with Gasteiger partial charge in [-0.1, -0.05) is 74.0 Å². The average Bonchev–Trinajstić information content (AvgIpc) is 2.74. The summed E-state index contributed by atoms with van der Waals surface area (Å²) in [5, 5.41) is 10.2. The molecule has 3 aromatic rings. The molecule has 0 bridgehead atoms. The minimum atomic E-state index is -1.06. The third-order valence-corrected chi connectivity index (χ3v) is 5.00. The molecule has 5 heteroatoms. The van der Waals surface area contributed by atoms with Gasteiger partial charge in [0.25, 0.3) is 0 Å². The van der Waals surface area contributed by atoms with Crippen molar-refractivity contribution in [2.24, 2.45) is 5.92 Å². The van der Waals surface area contributed by atoms with Crippen LogP contribution in [0.2, 0.25) is 5.02 Å². The Kier molecular flexibility index (Phi) is 7.11. The van der Waals surface area contributed by atoms with E-state index in [1.807, 2.05) is 62.4 Å². The molecule has 3 rings (SSSR count). The van der Waals surface area contributed by atoms with Crippen LogP contribution in [-0.4, -0.2) is 5.97 Å². The molecule has 0 saturated carbocycles. The molecular weight excluding hydrogens is 398 g/mol. The lowest BCUT2D eigenvalue weighted by Crippen LogP contribution is -2.23. The SMILES string of the molecule is CC(C)[C@H](C(=O)O[C@@H](C#N)c1cccc(Oc2ccccc2)c1)c1ccccc1Cl. The molecule has 3 aromatic carbocycles. The Morgan fingerprint density at radius 2 is 1.60 bits per heavy atom. The fourth-order valence-corrected chi connectivity index (χ4v) is 3.46. The highest BCUT2D eigenvalue weighted by Gasteiger charge is 2.30. The maximum atomic E-state index is 13.0. The van der Waals surface area contributed by atoms with E-state index in [1.54, 1.807) is 30.3 Å². The second-order valence-corrected chi connectivity index (χ2v) is 7.58. The van der Waals surface area contributed by atoms with E-state index in [0.29, 0.717) is 27.6 Å². The summed E-state index contributed by atoms with van der Waals surface area (Å²) in [7, 11) is 0. The lowest BCUT2D eigenvalue weighted by Gasteiger charge is -2.22. The normalized spacial score (nSPS) is 12.6. The Morgan fingerprint density at radius 3 is 2.27 bits per heavy atom. The van der Waals surface area contributed by atoms with Gasteiger partial charge < -0.3 is 9.47 Å². The van der Waals surface area contributed by atoms with Gasteiger partial charge in [0.15, 0.2) is 0 Å². The van der Waals surface area contributed by atoms with Crippen molar-refractivity contribution in [3.63, 3.8) is 0 Å². The van der Waals surface area contributed by atoms with Crippen LogP contribution in [0.3, 0.4) is 0 Å². The quantitative estimate of drug-likeness (QED) is 0.401. The topological polar surface area (TPSA) is 59.3 Å². The first-order valence-electron chi connectivity index (χ1n) is 9.67. The van der Waals surface area contributed by atoms with Crippen LogP contribution in [0.1, 0.15) is 37.0 Å². The van der Waals surface area contributed by atoms with Gasteiger partial charge in [0, 0.05) is 10.6 Å². The van der Waals surface area contributed by atoms with Crippen LogP contribution < -0.4 is 4.74 Å². The number of carbonyl (C=O) groups is 1. The lowest BCUT2D eigenvalue weighted by atomic mass is 9.88. The van der Waals surface area contributed by atoms with Crippen LogP contribution in [0.4, 0.5) is 0 Å². The third kappa shape index (κ3) is 5.20. The fourth-order valence-electron chi connectivity index (χ4n) is 3.21. The van der Waals surface area contributed by atoms with E-state index in [2.05, 4.69) is 6.07 Å². The molecule has 152 valence electrons. The monoisotopic (exact) mass is 419 g/mol. The van der Waals surface area contributed by atoms with Crippen molar-refractivity contribution < 1.29 is 14.3 Å². The predicted octanol–water partition coefficient (Wildman–Crippen LogP) is 6.68. The van der Waals surface area contributed by atoms with E-state index in [4.69, 9.17) is 21.1 Å². The average molecular weight is 420 g/mol. The van der Waals surface area contributed by atoms with Gasteiger partial charge >= 0.3 is 5.97 Å². The van der Waals surface area contributed by atoms with E-state index >= 15 is 0 Å². The summed E-state index contributed by atoms with van der Waals surface area (Å²) in [6.07, 6.45) is -1.06. The highest BCUT2D eigenvalue weighted by atomic mass is 35.5. The van der Waals surface area contributed by atoms with Gasteiger partial charge in [-0.2, -0.15) is 5.26 Å². The number of rotatable bonds is 7. The maximum Gasteiger partial charge on any atom is 0.315 e. The van der Waals surface area contributed by atoms with Gasteiger partial charge in [-0.25, -0.2) is 0 Å². The first-order valence-corrected chi connectivity index (χ1v) is 10.0. The Bertz CT molecular complexity index is 1040.